The van der Waals surface area contributed by atoms with Crippen LogP contribution in [-0.2, 0) is 6.54 Å². The Morgan fingerprint density at radius 2 is 2.25 bits per heavy atom. The molecule has 16 heavy (non-hydrogen) atoms. The number of carboxylic acids is 1. The quantitative estimate of drug-likeness (QED) is 0.797. The molecule has 4 nitrogen and oxygen atoms in total. The lowest BCUT2D eigenvalue weighted by Crippen LogP contribution is -2.33. The highest BCUT2D eigenvalue weighted by atomic mass is 32.1. The van der Waals surface area contributed by atoms with Crippen molar-refractivity contribution in [3.8, 4) is 0 Å². The summed E-state index contributed by atoms with van der Waals surface area (Å²) in [5.74, 6) is -0.877. The Bertz CT molecular complexity index is 349. The number of rotatable bonds is 6. The van der Waals surface area contributed by atoms with Gasteiger partial charge in [-0.25, -0.2) is 4.79 Å². The number of hydrogen-bond acceptors (Lipinski definition) is 4. The van der Waals surface area contributed by atoms with E-state index in [0.29, 0.717) is 18.0 Å². The fourth-order valence-corrected chi connectivity index (χ4v) is 2.27. The molecule has 1 heterocycles. The van der Waals surface area contributed by atoms with E-state index in [1.807, 2.05) is 19.9 Å². The van der Waals surface area contributed by atoms with E-state index in [9.17, 15) is 4.79 Å². The zero-order valence-corrected chi connectivity index (χ0v) is 10.3. The second-order valence-electron chi connectivity index (χ2n) is 3.87. The van der Waals surface area contributed by atoms with Gasteiger partial charge >= 0.3 is 5.97 Å². The van der Waals surface area contributed by atoms with E-state index < -0.39 is 5.97 Å². The molecule has 0 unspecified atom stereocenters. The molecular weight excluding hydrogens is 226 g/mol. The fraction of sp³-hybridized carbons (Fsp3) is 0.545. The number of thiophene rings is 1. The van der Waals surface area contributed by atoms with Gasteiger partial charge < -0.3 is 10.2 Å². The standard InChI is InChI=1S/C11H17NO3S/c1-8(2)12(4-5-13)7-9-3-6-16-10(9)11(14)15/h3,6,8,13H,4-5,7H2,1-2H3,(H,14,15). The van der Waals surface area contributed by atoms with E-state index >= 15 is 0 Å². The van der Waals surface area contributed by atoms with Gasteiger partial charge in [0.25, 0.3) is 0 Å². The molecule has 5 heteroatoms. The van der Waals surface area contributed by atoms with Crippen LogP contribution in [0.3, 0.4) is 0 Å². The van der Waals surface area contributed by atoms with Crippen molar-refractivity contribution in [2.75, 3.05) is 13.2 Å². The van der Waals surface area contributed by atoms with Crippen LogP contribution in [-0.4, -0.2) is 40.3 Å². The Balaban J connectivity index is 2.76. The van der Waals surface area contributed by atoms with E-state index in [1.54, 1.807) is 5.38 Å². The molecule has 0 aliphatic heterocycles. The van der Waals surface area contributed by atoms with Crippen molar-refractivity contribution in [3.63, 3.8) is 0 Å². The van der Waals surface area contributed by atoms with Crippen LogP contribution in [0.4, 0.5) is 0 Å². The largest absolute Gasteiger partial charge is 0.477 e. The summed E-state index contributed by atoms with van der Waals surface area (Å²) in [7, 11) is 0. The summed E-state index contributed by atoms with van der Waals surface area (Å²) in [5.41, 5.74) is 0.819. The maximum atomic E-state index is 10.9. The Hall–Kier alpha value is -0.910. The number of aliphatic hydroxyl groups excluding tert-OH is 1. The minimum atomic E-state index is -0.877. The predicted octanol–water partition coefficient (Wildman–Crippen LogP) is 1.65. The van der Waals surface area contributed by atoms with Crippen LogP contribution in [0.2, 0.25) is 0 Å². The molecule has 0 saturated heterocycles. The molecule has 0 radical (unpaired) electrons. The van der Waals surface area contributed by atoms with Crippen LogP contribution in [0.15, 0.2) is 11.4 Å². The Morgan fingerprint density at radius 3 is 2.75 bits per heavy atom. The third kappa shape index (κ3) is 3.30. The third-order valence-electron chi connectivity index (χ3n) is 2.43. The van der Waals surface area contributed by atoms with Crippen LogP contribution in [0.1, 0.15) is 29.1 Å². The highest BCUT2D eigenvalue weighted by molar-refractivity contribution is 7.12. The van der Waals surface area contributed by atoms with Crippen molar-refractivity contribution in [3.05, 3.63) is 21.9 Å². The average Bonchev–Trinajstić information content (AvgIpc) is 2.65. The SMILES string of the molecule is CC(C)N(CCO)Cc1ccsc1C(=O)O. The lowest BCUT2D eigenvalue weighted by molar-refractivity contribution is 0.0699. The Kier molecular flexibility index (Phi) is 4.92. The van der Waals surface area contributed by atoms with E-state index in [0.717, 1.165) is 5.56 Å². The molecule has 90 valence electrons. The lowest BCUT2D eigenvalue weighted by Gasteiger charge is -2.25. The van der Waals surface area contributed by atoms with Crippen LogP contribution in [0, 0.1) is 0 Å². The van der Waals surface area contributed by atoms with Crippen molar-refractivity contribution in [1.29, 1.82) is 0 Å². The smallest absolute Gasteiger partial charge is 0.346 e. The first-order valence-corrected chi connectivity index (χ1v) is 6.08. The van der Waals surface area contributed by atoms with Gasteiger partial charge in [-0.3, -0.25) is 4.90 Å². The second kappa shape index (κ2) is 5.98. The van der Waals surface area contributed by atoms with Crippen LogP contribution >= 0.6 is 11.3 Å². The van der Waals surface area contributed by atoms with Gasteiger partial charge in [0.15, 0.2) is 0 Å². The summed E-state index contributed by atoms with van der Waals surface area (Å²) < 4.78 is 0. The molecule has 2 N–H and O–H groups in total. The van der Waals surface area contributed by atoms with Gasteiger partial charge in [-0.2, -0.15) is 0 Å². The van der Waals surface area contributed by atoms with Gasteiger partial charge in [0.1, 0.15) is 4.88 Å². The Labute approximate surface area is 99.1 Å². The molecule has 0 atom stereocenters. The molecular formula is C11H17NO3S. The van der Waals surface area contributed by atoms with Crippen LogP contribution in [0.5, 0.6) is 0 Å². The molecule has 0 spiro atoms. The van der Waals surface area contributed by atoms with E-state index in [-0.39, 0.29) is 12.6 Å². The normalized spacial score (nSPS) is 11.3. The summed E-state index contributed by atoms with van der Waals surface area (Å²) in [6.07, 6.45) is 0. The first kappa shape index (κ1) is 13.2. The van der Waals surface area contributed by atoms with Gasteiger partial charge in [-0.15, -0.1) is 11.3 Å². The molecule has 0 fully saturated rings. The maximum absolute atomic E-state index is 10.9. The zero-order chi connectivity index (χ0) is 12.1. The van der Waals surface area contributed by atoms with Crippen molar-refractivity contribution in [1.82, 2.24) is 4.90 Å². The number of aromatic carboxylic acids is 1. The predicted molar refractivity (Wildman–Crippen MR) is 63.9 cm³/mol. The van der Waals surface area contributed by atoms with Gasteiger partial charge in [0.2, 0.25) is 0 Å². The molecule has 0 amide bonds. The minimum absolute atomic E-state index is 0.0880. The summed E-state index contributed by atoms with van der Waals surface area (Å²) in [4.78, 5) is 13.4. The van der Waals surface area contributed by atoms with Crippen LogP contribution < -0.4 is 0 Å². The van der Waals surface area contributed by atoms with Crippen molar-refractivity contribution >= 4 is 17.3 Å². The highest BCUT2D eigenvalue weighted by Gasteiger charge is 2.16. The summed E-state index contributed by atoms with van der Waals surface area (Å²) in [5, 5.41) is 19.7. The number of nitrogens with zero attached hydrogens (tertiary/aromatic N) is 1. The maximum Gasteiger partial charge on any atom is 0.346 e. The van der Waals surface area contributed by atoms with Gasteiger partial charge in [0, 0.05) is 19.1 Å². The molecule has 0 bridgehead atoms. The van der Waals surface area contributed by atoms with Crippen LogP contribution in [0.25, 0.3) is 0 Å². The second-order valence-corrected chi connectivity index (χ2v) is 4.78. The molecule has 0 saturated carbocycles. The summed E-state index contributed by atoms with van der Waals surface area (Å²) in [6, 6.07) is 2.12. The van der Waals surface area contributed by atoms with E-state index in [4.69, 9.17) is 10.2 Å². The molecule has 1 aromatic heterocycles. The number of carboxylic acid groups (broad SMARTS) is 1. The number of hydrogen-bond donors (Lipinski definition) is 2. The zero-order valence-electron chi connectivity index (χ0n) is 9.51. The van der Waals surface area contributed by atoms with Crippen molar-refractivity contribution < 1.29 is 15.0 Å². The van der Waals surface area contributed by atoms with Crippen molar-refractivity contribution in [2.45, 2.75) is 26.4 Å². The highest BCUT2D eigenvalue weighted by Crippen LogP contribution is 2.19. The first-order chi connectivity index (χ1) is 7.56. The average molecular weight is 243 g/mol. The Morgan fingerprint density at radius 1 is 1.56 bits per heavy atom. The van der Waals surface area contributed by atoms with Gasteiger partial charge in [-0.1, -0.05) is 0 Å². The molecule has 1 aromatic rings. The number of carbonyl (C=O) groups is 1. The fourth-order valence-electron chi connectivity index (χ4n) is 1.51. The molecule has 0 aliphatic carbocycles. The van der Waals surface area contributed by atoms with E-state index in [2.05, 4.69) is 4.90 Å². The third-order valence-corrected chi connectivity index (χ3v) is 3.38. The lowest BCUT2D eigenvalue weighted by atomic mass is 10.2. The van der Waals surface area contributed by atoms with Crippen molar-refractivity contribution in [2.24, 2.45) is 0 Å². The van der Waals surface area contributed by atoms with Gasteiger partial charge in [-0.05, 0) is 30.9 Å². The number of aliphatic hydroxyl groups is 1. The minimum Gasteiger partial charge on any atom is -0.477 e. The molecule has 0 aromatic carbocycles. The summed E-state index contributed by atoms with van der Waals surface area (Å²) >= 11 is 1.24. The molecule has 0 aliphatic rings. The topological polar surface area (TPSA) is 60.8 Å². The van der Waals surface area contributed by atoms with Gasteiger partial charge in [0.05, 0.1) is 6.61 Å². The van der Waals surface area contributed by atoms with E-state index in [1.165, 1.54) is 11.3 Å². The molecule has 1 rings (SSSR count). The summed E-state index contributed by atoms with van der Waals surface area (Å²) in [6.45, 7) is 5.28. The first-order valence-electron chi connectivity index (χ1n) is 5.20. The monoisotopic (exact) mass is 243 g/mol.